The molecule has 0 aliphatic carbocycles. The predicted molar refractivity (Wildman–Crippen MR) is 125 cm³/mol. The summed E-state index contributed by atoms with van der Waals surface area (Å²) in [5.74, 6) is 0.222. The Morgan fingerprint density at radius 2 is 1.93 bits per heavy atom. The smallest absolute Gasteiger partial charge is 0.342 e. The van der Waals surface area contributed by atoms with Gasteiger partial charge in [0, 0.05) is 17.2 Å². The Kier molecular flexibility index (Phi) is 9.88. The average Bonchev–Trinajstić information content (AvgIpc) is 2.76. The molecule has 7 heteroatoms. The van der Waals surface area contributed by atoms with Crippen LogP contribution in [0.15, 0.2) is 45.8 Å². The van der Waals surface area contributed by atoms with Gasteiger partial charge in [-0.25, -0.2) is 9.18 Å². The number of carbonyl (C=O) groups excluding carboxylic acids is 1. The molecule has 0 radical (unpaired) electrons. The van der Waals surface area contributed by atoms with Gasteiger partial charge in [0.2, 0.25) is 0 Å². The van der Waals surface area contributed by atoms with E-state index in [2.05, 4.69) is 34.7 Å². The van der Waals surface area contributed by atoms with Crippen LogP contribution in [-0.4, -0.2) is 44.7 Å². The Balaban J connectivity index is 2.28. The van der Waals surface area contributed by atoms with Gasteiger partial charge in [0.1, 0.15) is 17.1 Å². The summed E-state index contributed by atoms with van der Waals surface area (Å²) in [6.45, 7) is 6.98. The van der Waals surface area contributed by atoms with Gasteiger partial charge in [-0.3, -0.25) is 0 Å². The normalized spacial score (nSPS) is 11.3. The number of likely N-dealkylation sites (N-methyl/N-ethyl adjacent to an activating group) is 1. The topological polar surface area (TPSA) is 38.8 Å². The summed E-state index contributed by atoms with van der Waals surface area (Å²) in [6.07, 6.45) is 4.00. The molecule has 0 amide bonds. The summed E-state index contributed by atoms with van der Waals surface area (Å²) >= 11 is 4.95. The second kappa shape index (κ2) is 12.1. The van der Waals surface area contributed by atoms with Crippen molar-refractivity contribution in [3.8, 4) is 5.75 Å². The van der Waals surface area contributed by atoms with Gasteiger partial charge < -0.3 is 14.4 Å². The van der Waals surface area contributed by atoms with E-state index in [1.807, 2.05) is 24.3 Å². The number of benzene rings is 2. The minimum absolute atomic E-state index is 0.276. The Labute approximate surface area is 190 Å². The molecular formula is C23H27BrFNO3S. The molecule has 0 bridgehead atoms. The summed E-state index contributed by atoms with van der Waals surface area (Å²) in [5.41, 5.74) is 1.99. The third kappa shape index (κ3) is 6.33. The molecule has 2 aromatic rings. The van der Waals surface area contributed by atoms with Crippen molar-refractivity contribution in [1.82, 2.24) is 4.90 Å². The molecule has 0 aliphatic heterocycles. The zero-order valence-electron chi connectivity index (χ0n) is 17.7. The van der Waals surface area contributed by atoms with E-state index in [1.54, 1.807) is 6.07 Å². The van der Waals surface area contributed by atoms with Crippen molar-refractivity contribution in [3.05, 3.63) is 63.4 Å². The van der Waals surface area contributed by atoms with Gasteiger partial charge in [-0.1, -0.05) is 32.1 Å². The van der Waals surface area contributed by atoms with Crippen LogP contribution >= 0.6 is 27.7 Å². The number of halogens is 2. The summed E-state index contributed by atoms with van der Waals surface area (Å²) in [4.78, 5) is 15.6. The molecule has 2 rings (SSSR count). The van der Waals surface area contributed by atoms with Gasteiger partial charge in [0.15, 0.2) is 0 Å². The Bertz CT molecular complexity index is 900. The van der Waals surface area contributed by atoms with E-state index >= 15 is 0 Å². The van der Waals surface area contributed by atoms with E-state index in [1.165, 1.54) is 38.1 Å². The first kappa shape index (κ1) is 24.4. The maximum atomic E-state index is 13.9. The van der Waals surface area contributed by atoms with Crippen molar-refractivity contribution in [2.24, 2.45) is 0 Å². The van der Waals surface area contributed by atoms with Crippen LogP contribution in [0.2, 0.25) is 0 Å². The monoisotopic (exact) mass is 495 g/mol. The number of hydrogen-bond acceptors (Lipinski definition) is 5. The zero-order valence-corrected chi connectivity index (χ0v) is 20.1. The number of nitrogens with zero attached hydrogens (tertiary/aromatic N) is 1. The molecule has 2 aromatic carbocycles. The quantitative estimate of drug-likeness (QED) is 0.297. The number of esters is 1. The molecule has 0 aliphatic rings. The maximum Gasteiger partial charge on any atom is 0.342 e. The lowest BCUT2D eigenvalue weighted by molar-refractivity contribution is 0.0596. The number of thioether (sulfide) groups is 1. The zero-order chi connectivity index (χ0) is 22.1. The molecular weight excluding hydrogens is 469 g/mol. The molecule has 0 aromatic heterocycles. The van der Waals surface area contributed by atoms with Gasteiger partial charge in [0.25, 0.3) is 0 Å². The van der Waals surface area contributed by atoms with E-state index in [9.17, 15) is 9.18 Å². The van der Waals surface area contributed by atoms with Gasteiger partial charge >= 0.3 is 5.97 Å². The highest BCUT2D eigenvalue weighted by molar-refractivity contribution is 9.10. The molecule has 0 spiro atoms. The van der Waals surface area contributed by atoms with Crippen molar-refractivity contribution < 1.29 is 18.7 Å². The standard InChI is InChI=1S/C23H27BrFNO3S/c1-5-26(6-2)13-7-8-16-14-18(25)10-12-20(16)30-15-17-9-11-19(24)22(28-3)21(17)23(27)29-4/h7-12,14H,5-6,13,15H2,1-4H3/b8-7-. The lowest BCUT2D eigenvalue weighted by Crippen LogP contribution is -2.22. The molecule has 0 heterocycles. The van der Waals surface area contributed by atoms with Crippen molar-refractivity contribution in [1.29, 1.82) is 0 Å². The number of ether oxygens (including phenoxy) is 2. The Morgan fingerprint density at radius 1 is 1.20 bits per heavy atom. The fraction of sp³-hybridized carbons (Fsp3) is 0.348. The summed E-state index contributed by atoms with van der Waals surface area (Å²) in [5, 5.41) is 0. The van der Waals surface area contributed by atoms with E-state index in [0.717, 1.165) is 35.7 Å². The first-order valence-electron chi connectivity index (χ1n) is 9.70. The van der Waals surface area contributed by atoms with E-state index in [0.29, 0.717) is 21.5 Å². The molecule has 0 fully saturated rings. The molecule has 0 saturated heterocycles. The highest BCUT2D eigenvalue weighted by Gasteiger charge is 2.21. The Hall–Kier alpha value is -1.83. The lowest BCUT2D eigenvalue weighted by atomic mass is 10.1. The predicted octanol–water partition coefficient (Wildman–Crippen LogP) is 6.03. The van der Waals surface area contributed by atoms with Gasteiger partial charge in [-0.05, 0) is 64.4 Å². The molecule has 30 heavy (non-hydrogen) atoms. The first-order chi connectivity index (χ1) is 14.4. The molecule has 0 N–H and O–H groups in total. The minimum Gasteiger partial charge on any atom is -0.495 e. The summed E-state index contributed by atoms with van der Waals surface area (Å²) < 4.78 is 24.9. The van der Waals surface area contributed by atoms with Crippen LogP contribution in [0.25, 0.3) is 6.08 Å². The number of methoxy groups -OCH3 is 2. The molecule has 162 valence electrons. The van der Waals surface area contributed by atoms with E-state index in [4.69, 9.17) is 9.47 Å². The second-order valence-electron chi connectivity index (χ2n) is 6.47. The fourth-order valence-corrected chi connectivity index (χ4v) is 4.49. The van der Waals surface area contributed by atoms with Crippen LogP contribution in [-0.2, 0) is 10.5 Å². The van der Waals surface area contributed by atoms with Crippen LogP contribution in [0.4, 0.5) is 4.39 Å². The van der Waals surface area contributed by atoms with Crippen LogP contribution in [0.3, 0.4) is 0 Å². The number of hydrogen-bond donors (Lipinski definition) is 0. The van der Waals surface area contributed by atoms with Crippen LogP contribution in [0.1, 0.15) is 35.3 Å². The second-order valence-corrected chi connectivity index (χ2v) is 8.34. The molecule has 4 nitrogen and oxygen atoms in total. The third-order valence-corrected chi connectivity index (χ3v) is 6.46. The van der Waals surface area contributed by atoms with Gasteiger partial charge in [-0.2, -0.15) is 0 Å². The van der Waals surface area contributed by atoms with E-state index in [-0.39, 0.29) is 5.82 Å². The van der Waals surface area contributed by atoms with Crippen molar-refractivity contribution in [2.45, 2.75) is 24.5 Å². The van der Waals surface area contributed by atoms with Crippen molar-refractivity contribution in [2.75, 3.05) is 33.9 Å². The Morgan fingerprint density at radius 3 is 2.57 bits per heavy atom. The fourth-order valence-electron chi connectivity index (χ4n) is 2.99. The molecule has 0 unspecified atom stereocenters. The summed E-state index contributed by atoms with van der Waals surface area (Å²) in [7, 11) is 2.86. The van der Waals surface area contributed by atoms with Gasteiger partial charge in [-0.15, -0.1) is 11.8 Å². The number of carbonyl (C=O) groups is 1. The lowest BCUT2D eigenvalue weighted by Gasteiger charge is -2.15. The maximum absolute atomic E-state index is 13.9. The highest BCUT2D eigenvalue weighted by Crippen LogP contribution is 2.36. The highest BCUT2D eigenvalue weighted by atomic mass is 79.9. The van der Waals surface area contributed by atoms with Crippen LogP contribution in [0.5, 0.6) is 5.75 Å². The summed E-state index contributed by atoms with van der Waals surface area (Å²) in [6, 6.07) is 8.46. The van der Waals surface area contributed by atoms with E-state index < -0.39 is 5.97 Å². The van der Waals surface area contributed by atoms with Crippen LogP contribution in [0, 0.1) is 5.82 Å². The number of rotatable bonds is 10. The van der Waals surface area contributed by atoms with Crippen LogP contribution < -0.4 is 4.74 Å². The SMILES string of the molecule is CCN(CC)C/C=C\c1cc(F)ccc1SCc1ccc(Br)c(OC)c1C(=O)OC. The van der Waals surface area contributed by atoms with Crippen molar-refractivity contribution >= 4 is 39.7 Å². The minimum atomic E-state index is -0.456. The first-order valence-corrected chi connectivity index (χ1v) is 11.5. The molecule has 0 atom stereocenters. The average molecular weight is 496 g/mol. The molecule has 0 saturated carbocycles. The largest absolute Gasteiger partial charge is 0.495 e. The van der Waals surface area contributed by atoms with Gasteiger partial charge in [0.05, 0.1) is 18.7 Å². The third-order valence-electron chi connectivity index (χ3n) is 4.70. The van der Waals surface area contributed by atoms with Crippen molar-refractivity contribution in [3.63, 3.8) is 0 Å².